The fraction of sp³-hybridized carbons (Fsp3) is 0.600. The first-order chi connectivity index (χ1) is 10.6. The van der Waals surface area contributed by atoms with Gasteiger partial charge in [-0.2, -0.15) is 0 Å². The summed E-state index contributed by atoms with van der Waals surface area (Å²) in [7, 11) is 0. The lowest BCUT2D eigenvalue weighted by atomic mass is 10.2. The molecule has 0 radical (unpaired) electrons. The summed E-state index contributed by atoms with van der Waals surface area (Å²) in [5.41, 5.74) is 0.706. The van der Waals surface area contributed by atoms with Crippen LogP contribution in [0.5, 0.6) is 0 Å². The number of hydrogen-bond acceptors (Lipinski definition) is 4. The van der Waals surface area contributed by atoms with Gasteiger partial charge in [0.05, 0.1) is 29.8 Å². The standard InChI is InChI=1S/C15H23N3O3S/c1-4-11-9-21-7-6-18(11)15(20)17-12-8-13(22-10(12)3)14(19)16-5-2/h8,11H,4-7,9H2,1-3H3,(H,16,19)(H,17,20). The quantitative estimate of drug-likeness (QED) is 0.893. The number of amides is 3. The fourth-order valence-corrected chi connectivity index (χ4v) is 3.30. The number of anilines is 1. The van der Waals surface area contributed by atoms with E-state index in [1.165, 1.54) is 11.3 Å². The van der Waals surface area contributed by atoms with Gasteiger partial charge >= 0.3 is 6.03 Å². The third-order valence-corrected chi connectivity index (χ3v) is 4.73. The molecule has 122 valence electrons. The van der Waals surface area contributed by atoms with E-state index in [1.807, 2.05) is 25.7 Å². The van der Waals surface area contributed by atoms with Crippen LogP contribution in [0.25, 0.3) is 0 Å². The molecular weight excluding hydrogens is 302 g/mol. The molecule has 2 N–H and O–H groups in total. The number of rotatable bonds is 4. The van der Waals surface area contributed by atoms with Crippen molar-refractivity contribution in [2.75, 3.05) is 31.6 Å². The number of morpholine rings is 1. The Morgan fingerprint density at radius 2 is 2.23 bits per heavy atom. The lowest BCUT2D eigenvalue weighted by Crippen LogP contribution is -2.50. The van der Waals surface area contributed by atoms with Gasteiger partial charge in [0.25, 0.3) is 5.91 Å². The van der Waals surface area contributed by atoms with E-state index < -0.39 is 0 Å². The highest BCUT2D eigenvalue weighted by atomic mass is 32.1. The summed E-state index contributed by atoms with van der Waals surface area (Å²) in [4.78, 5) is 27.7. The van der Waals surface area contributed by atoms with Crippen LogP contribution in [0.3, 0.4) is 0 Å². The number of nitrogens with zero attached hydrogens (tertiary/aromatic N) is 1. The van der Waals surface area contributed by atoms with Gasteiger partial charge in [-0.15, -0.1) is 11.3 Å². The van der Waals surface area contributed by atoms with Crippen LogP contribution in [0.4, 0.5) is 10.5 Å². The lowest BCUT2D eigenvalue weighted by molar-refractivity contribution is 0.0144. The van der Waals surface area contributed by atoms with Crippen LogP contribution in [0.15, 0.2) is 6.07 Å². The summed E-state index contributed by atoms with van der Waals surface area (Å²) in [5, 5.41) is 5.69. The monoisotopic (exact) mass is 325 g/mol. The molecule has 1 aromatic rings. The summed E-state index contributed by atoms with van der Waals surface area (Å²) in [5.74, 6) is -0.103. The Balaban J connectivity index is 2.06. The third kappa shape index (κ3) is 3.78. The number of carbonyl (C=O) groups excluding carboxylic acids is 2. The van der Waals surface area contributed by atoms with Crippen LogP contribution >= 0.6 is 11.3 Å². The Kier molecular flexibility index (Phi) is 5.79. The van der Waals surface area contributed by atoms with E-state index >= 15 is 0 Å². The van der Waals surface area contributed by atoms with E-state index in [2.05, 4.69) is 10.6 Å². The Morgan fingerprint density at radius 1 is 1.45 bits per heavy atom. The molecule has 0 aliphatic carbocycles. The molecule has 1 aliphatic rings. The molecule has 1 aromatic heterocycles. The lowest BCUT2D eigenvalue weighted by Gasteiger charge is -2.34. The molecule has 1 aliphatic heterocycles. The molecular formula is C15H23N3O3S. The highest BCUT2D eigenvalue weighted by Crippen LogP contribution is 2.27. The molecule has 1 saturated heterocycles. The Labute approximate surface area is 134 Å². The van der Waals surface area contributed by atoms with E-state index in [9.17, 15) is 9.59 Å². The Hall–Kier alpha value is -1.60. The topological polar surface area (TPSA) is 70.7 Å². The van der Waals surface area contributed by atoms with Crippen molar-refractivity contribution in [3.63, 3.8) is 0 Å². The van der Waals surface area contributed by atoms with E-state index in [0.717, 1.165) is 11.3 Å². The first-order valence-electron chi connectivity index (χ1n) is 7.60. The van der Waals surface area contributed by atoms with Crippen LogP contribution in [-0.4, -0.2) is 49.2 Å². The summed E-state index contributed by atoms with van der Waals surface area (Å²) < 4.78 is 5.42. The van der Waals surface area contributed by atoms with Gasteiger partial charge in [0.2, 0.25) is 0 Å². The summed E-state index contributed by atoms with van der Waals surface area (Å²) >= 11 is 1.39. The number of hydrogen-bond donors (Lipinski definition) is 2. The summed E-state index contributed by atoms with van der Waals surface area (Å²) in [6.45, 7) is 8.15. The van der Waals surface area contributed by atoms with Crippen LogP contribution in [0.1, 0.15) is 34.8 Å². The third-order valence-electron chi connectivity index (χ3n) is 3.68. The molecule has 3 amide bonds. The average molecular weight is 325 g/mol. The smallest absolute Gasteiger partial charge is 0.322 e. The highest BCUT2D eigenvalue weighted by Gasteiger charge is 2.26. The van der Waals surface area contributed by atoms with Gasteiger partial charge in [0.1, 0.15) is 0 Å². The molecule has 2 rings (SSSR count). The number of carbonyl (C=O) groups is 2. The fourth-order valence-electron chi connectivity index (χ4n) is 2.41. The van der Waals surface area contributed by atoms with Crippen molar-refractivity contribution in [2.24, 2.45) is 0 Å². The second-order valence-electron chi connectivity index (χ2n) is 5.20. The summed E-state index contributed by atoms with van der Waals surface area (Å²) in [6.07, 6.45) is 0.861. The zero-order valence-corrected chi connectivity index (χ0v) is 14.1. The maximum Gasteiger partial charge on any atom is 0.322 e. The molecule has 1 unspecified atom stereocenters. The zero-order valence-electron chi connectivity index (χ0n) is 13.3. The number of aryl methyl sites for hydroxylation is 1. The van der Waals surface area contributed by atoms with Gasteiger partial charge in [-0.3, -0.25) is 4.79 Å². The van der Waals surface area contributed by atoms with Gasteiger partial charge in [0.15, 0.2) is 0 Å². The average Bonchev–Trinajstić information content (AvgIpc) is 2.88. The molecule has 0 spiro atoms. The molecule has 2 heterocycles. The Morgan fingerprint density at radius 3 is 2.91 bits per heavy atom. The minimum Gasteiger partial charge on any atom is -0.377 e. The van der Waals surface area contributed by atoms with E-state index in [1.54, 1.807) is 6.07 Å². The molecule has 0 bridgehead atoms. The van der Waals surface area contributed by atoms with Gasteiger partial charge in [-0.1, -0.05) is 6.92 Å². The van der Waals surface area contributed by atoms with Crippen molar-refractivity contribution >= 4 is 29.0 Å². The molecule has 1 fully saturated rings. The number of urea groups is 1. The van der Waals surface area contributed by atoms with Crippen LogP contribution in [0, 0.1) is 6.92 Å². The van der Waals surface area contributed by atoms with E-state index in [4.69, 9.17) is 4.74 Å². The first-order valence-corrected chi connectivity index (χ1v) is 8.42. The SMILES string of the molecule is CCNC(=O)c1cc(NC(=O)N2CCOCC2CC)c(C)s1. The second-order valence-corrected chi connectivity index (χ2v) is 6.46. The maximum atomic E-state index is 12.5. The normalized spacial score (nSPS) is 18.1. The predicted molar refractivity (Wildman–Crippen MR) is 87.7 cm³/mol. The number of ether oxygens (including phenoxy) is 1. The van der Waals surface area contributed by atoms with E-state index in [0.29, 0.717) is 36.9 Å². The van der Waals surface area contributed by atoms with Gasteiger partial charge in [-0.05, 0) is 26.3 Å². The number of nitrogens with one attached hydrogen (secondary N) is 2. The van der Waals surface area contributed by atoms with Gasteiger partial charge in [0, 0.05) is 18.0 Å². The van der Waals surface area contributed by atoms with Crippen molar-refractivity contribution in [3.8, 4) is 0 Å². The van der Waals surface area contributed by atoms with Crippen LogP contribution in [-0.2, 0) is 4.74 Å². The maximum absolute atomic E-state index is 12.5. The van der Waals surface area contributed by atoms with Crippen LogP contribution < -0.4 is 10.6 Å². The molecule has 6 nitrogen and oxygen atoms in total. The largest absolute Gasteiger partial charge is 0.377 e. The molecule has 7 heteroatoms. The molecule has 22 heavy (non-hydrogen) atoms. The highest BCUT2D eigenvalue weighted by molar-refractivity contribution is 7.14. The Bertz CT molecular complexity index is 544. The van der Waals surface area contributed by atoms with Gasteiger partial charge in [-0.25, -0.2) is 4.79 Å². The predicted octanol–water partition coefficient (Wildman–Crippen LogP) is 2.45. The molecule has 0 aromatic carbocycles. The van der Waals surface area contributed by atoms with Crippen molar-refractivity contribution < 1.29 is 14.3 Å². The van der Waals surface area contributed by atoms with Crippen molar-refractivity contribution in [1.82, 2.24) is 10.2 Å². The van der Waals surface area contributed by atoms with Gasteiger partial charge < -0.3 is 20.3 Å². The second kappa shape index (κ2) is 7.60. The minimum atomic E-state index is -0.126. The molecule has 0 saturated carbocycles. The van der Waals surface area contributed by atoms with Crippen molar-refractivity contribution in [1.29, 1.82) is 0 Å². The van der Waals surface area contributed by atoms with Crippen molar-refractivity contribution in [2.45, 2.75) is 33.2 Å². The van der Waals surface area contributed by atoms with Crippen LogP contribution in [0.2, 0.25) is 0 Å². The summed E-state index contributed by atoms with van der Waals surface area (Å²) in [6, 6.07) is 1.72. The van der Waals surface area contributed by atoms with E-state index in [-0.39, 0.29) is 18.0 Å². The first kappa shape index (κ1) is 16.8. The molecule has 1 atom stereocenters. The number of thiophene rings is 1. The minimum absolute atomic E-state index is 0.103. The zero-order chi connectivity index (χ0) is 16.1. The van der Waals surface area contributed by atoms with Crippen molar-refractivity contribution in [3.05, 3.63) is 15.8 Å².